The third-order valence-electron chi connectivity index (χ3n) is 4.77. The molecule has 1 aromatic heterocycles. The fourth-order valence-corrected chi connectivity index (χ4v) is 3.40. The van der Waals surface area contributed by atoms with Gasteiger partial charge in [0.15, 0.2) is 0 Å². The maximum atomic E-state index is 13.2. The Labute approximate surface area is 172 Å². The largest absolute Gasteiger partial charge is 0.548 e. The predicted molar refractivity (Wildman–Crippen MR) is 110 cm³/mol. The number of hydrogen-bond acceptors (Lipinski definition) is 5. The van der Waals surface area contributed by atoms with Gasteiger partial charge in [0, 0.05) is 0 Å². The normalized spacial score (nSPS) is 13.2. The summed E-state index contributed by atoms with van der Waals surface area (Å²) < 4.78 is 0.814. The Balaban J connectivity index is 2.15. The molecule has 0 spiro atoms. The first-order valence-corrected chi connectivity index (χ1v) is 9.59. The van der Waals surface area contributed by atoms with Crippen LogP contribution in [0.15, 0.2) is 64.2 Å². The third kappa shape index (κ3) is 4.32. The minimum absolute atomic E-state index is 0.0184. The van der Waals surface area contributed by atoms with Crippen molar-refractivity contribution in [2.75, 3.05) is 0 Å². The zero-order valence-electron chi connectivity index (χ0n) is 16.6. The molecule has 1 heterocycles. The zero-order chi connectivity index (χ0) is 21.8. The van der Waals surface area contributed by atoms with Crippen LogP contribution in [-0.4, -0.2) is 27.5 Å². The van der Waals surface area contributed by atoms with E-state index in [1.165, 1.54) is 0 Å². The minimum Gasteiger partial charge on any atom is -0.548 e. The van der Waals surface area contributed by atoms with E-state index in [1.807, 2.05) is 13.8 Å². The summed E-state index contributed by atoms with van der Waals surface area (Å²) >= 11 is 0. The van der Waals surface area contributed by atoms with Gasteiger partial charge < -0.3 is 20.2 Å². The number of aliphatic carboxylic acids is 1. The van der Waals surface area contributed by atoms with Gasteiger partial charge in [-0.05, 0) is 30.0 Å². The molecule has 0 unspecified atom stereocenters. The summed E-state index contributed by atoms with van der Waals surface area (Å²) in [6, 6.07) is 12.1. The van der Waals surface area contributed by atoms with Crippen molar-refractivity contribution >= 4 is 22.8 Å². The number of nitrogens with one attached hydrogen (secondary N) is 2. The first kappa shape index (κ1) is 21.0. The van der Waals surface area contributed by atoms with Gasteiger partial charge in [0.2, 0.25) is 5.91 Å². The highest BCUT2D eigenvalue weighted by Crippen LogP contribution is 2.17. The van der Waals surface area contributed by atoms with Gasteiger partial charge in [-0.15, -0.1) is 0 Å². The van der Waals surface area contributed by atoms with Crippen LogP contribution in [0.3, 0.4) is 0 Å². The monoisotopic (exact) mass is 408 g/mol. The minimum atomic E-state index is -1.43. The molecule has 30 heavy (non-hydrogen) atoms. The Morgan fingerprint density at radius 2 is 1.67 bits per heavy atom. The number of aromatic nitrogens is 2. The molecular formula is C22H22N3O5-. The van der Waals surface area contributed by atoms with Gasteiger partial charge in [-0.25, -0.2) is 9.36 Å². The van der Waals surface area contributed by atoms with Crippen LogP contribution in [0, 0.1) is 5.92 Å². The van der Waals surface area contributed by atoms with Gasteiger partial charge >= 0.3 is 5.69 Å². The number of carbonyl (C=O) groups is 2. The van der Waals surface area contributed by atoms with Crippen molar-refractivity contribution in [3.63, 3.8) is 0 Å². The van der Waals surface area contributed by atoms with Crippen molar-refractivity contribution in [3.05, 3.63) is 81.0 Å². The highest BCUT2D eigenvalue weighted by atomic mass is 16.4. The van der Waals surface area contributed by atoms with Gasteiger partial charge in [-0.1, -0.05) is 56.3 Å². The molecule has 0 saturated heterocycles. The number of benzene rings is 2. The van der Waals surface area contributed by atoms with Crippen LogP contribution in [0.25, 0.3) is 10.9 Å². The van der Waals surface area contributed by atoms with E-state index >= 15 is 0 Å². The average Bonchev–Trinajstić information content (AvgIpc) is 2.70. The topological polar surface area (TPSA) is 124 Å². The Kier molecular flexibility index (Phi) is 6.15. The van der Waals surface area contributed by atoms with Crippen LogP contribution in [-0.2, 0) is 9.59 Å². The third-order valence-corrected chi connectivity index (χ3v) is 4.77. The number of carbonyl (C=O) groups excluding carboxylic acids is 2. The van der Waals surface area contributed by atoms with Crippen molar-refractivity contribution < 1.29 is 14.7 Å². The molecule has 0 saturated carbocycles. The van der Waals surface area contributed by atoms with Gasteiger partial charge in [0.05, 0.1) is 22.9 Å². The summed E-state index contributed by atoms with van der Waals surface area (Å²) in [6.45, 7) is 3.63. The van der Waals surface area contributed by atoms with Crippen LogP contribution < -0.4 is 21.7 Å². The fraction of sp³-hybridized carbons (Fsp3) is 0.273. The molecule has 0 aliphatic heterocycles. The molecule has 0 aliphatic carbocycles. The van der Waals surface area contributed by atoms with Crippen LogP contribution in [0.5, 0.6) is 0 Å². The molecule has 3 aromatic rings. The zero-order valence-corrected chi connectivity index (χ0v) is 16.6. The van der Waals surface area contributed by atoms with E-state index in [0.717, 1.165) is 4.57 Å². The number of fused-ring (bicyclic) bond motifs is 1. The second-order valence-corrected chi connectivity index (χ2v) is 7.47. The molecule has 0 fully saturated rings. The van der Waals surface area contributed by atoms with E-state index in [9.17, 15) is 24.3 Å². The summed E-state index contributed by atoms with van der Waals surface area (Å²) in [5, 5.41) is 14.2. The molecule has 2 atom stereocenters. The maximum Gasteiger partial charge on any atom is 0.329 e. The number of amides is 1. The number of rotatable bonds is 7. The molecule has 2 aromatic carbocycles. The van der Waals surface area contributed by atoms with Crippen molar-refractivity contribution in [2.24, 2.45) is 5.92 Å². The Bertz CT molecular complexity index is 1180. The van der Waals surface area contributed by atoms with E-state index in [-0.39, 0.29) is 17.7 Å². The fourth-order valence-electron chi connectivity index (χ4n) is 3.40. The molecule has 156 valence electrons. The second-order valence-electron chi connectivity index (χ2n) is 7.47. The lowest BCUT2D eigenvalue weighted by atomic mass is 10.0. The second kappa shape index (κ2) is 8.77. The van der Waals surface area contributed by atoms with E-state index in [0.29, 0.717) is 11.1 Å². The van der Waals surface area contributed by atoms with Crippen LogP contribution in [0.4, 0.5) is 0 Å². The average molecular weight is 408 g/mol. The molecule has 0 bridgehead atoms. The van der Waals surface area contributed by atoms with Crippen molar-refractivity contribution in [2.45, 2.75) is 32.4 Å². The lowest BCUT2D eigenvalue weighted by Gasteiger charge is -2.25. The summed E-state index contributed by atoms with van der Waals surface area (Å²) in [4.78, 5) is 53.2. The van der Waals surface area contributed by atoms with Crippen LogP contribution in [0.1, 0.15) is 31.9 Å². The number of nitrogens with zero attached hydrogens (tertiary/aromatic N) is 1. The molecule has 0 aliphatic rings. The predicted octanol–water partition coefficient (Wildman–Crippen LogP) is 0.560. The molecule has 8 nitrogen and oxygen atoms in total. The summed E-state index contributed by atoms with van der Waals surface area (Å²) in [6.07, 6.45) is 0.151. The number of H-pyrrole nitrogens is 1. The molecule has 3 rings (SSSR count). The molecule has 2 N–H and O–H groups in total. The highest BCUT2D eigenvalue weighted by Gasteiger charge is 2.29. The molecule has 8 heteroatoms. The first-order valence-electron chi connectivity index (χ1n) is 9.59. The Hall–Kier alpha value is -3.68. The smallest absolute Gasteiger partial charge is 0.329 e. The number of aromatic amines is 1. The van der Waals surface area contributed by atoms with Crippen molar-refractivity contribution in [1.82, 2.24) is 14.9 Å². The lowest BCUT2D eigenvalue weighted by Crippen LogP contribution is -2.52. The number of carboxylic acid groups (broad SMARTS) is 1. The highest BCUT2D eigenvalue weighted by molar-refractivity contribution is 5.88. The van der Waals surface area contributed by atoms with Crippen LogP contribution in [0.2, 0.25) is 0 Å². The van der Waals surface area contributed by atoms with Gasteiger partial charge in [0.25, 0.3) is 5.56 Å². The van der Waals surface area contributed by atoms with E-state index in [2.05, 4.69) is 10.3 Å². The van der Waals surface area contributed by atoms with E-state index in [1.54, 1.807) is 54.6 Å². The van der Waals surface area contributed by atoms with Crippen molar-refractivity contribution in [3.8, 4) is 0 Å². The van der Waals surface area contributed by atoms with E-state index < -0.39 is 35.2 Å². The van der Waals surface area contributed by atoms with Crippen LogP contribution >= 0.6 is 0 Å². The quantitative estimate of drug-likeness (QED) is 0.591. The number of para-hydroxylation sites is 1. The lowest BCUT2D eigenvalue weighted by molar-refractivity contribution is -0.308. The van der Waals surface area contributed by atoms with E-state index in [4.69, 9.17) is 0 Å². The molecule has 0 radical (unpaired) electrons. The van der Waals surface area contributed by atoms with Gasteiger partial charge in [-0.2, -0.15) is 0 Å². The summed E-state index contributed by atoms with van der Waals surface area (Å²) in [7, 11) is 0. The molecular weight excluding hydrogens is 386 g/mol. The van der Waals surface area contributed by atoms with Gasteiger partial charge in [0.1, 0.15) is 6.04 Å². The summed E-state index contributed by atoms with van der Waals surface area (Å²) in [5.74, 6) is -2.22. The first-order chi connectivity index (χ1) is 14.3. The SMILES string of the molecule is CC(C)C[C@H](NC(=O)[C@H](c1ccccc1)n1c(=O)[nH]c2ccccc2c1=O)C(=O)[O-]. The summed E-state index contributed by atoms with van der Waals surface area (Å²) in [5.41, 5.74) is -0.688. The number of hydrogen-bond donors (Lipinski definition) is 2. The van der Waals surface area contributed by atoms with Crippen molar-refractivity contribution in [1.29, 1.82) is 0 Å². The Morgan fingerprint density at radius 3 is 2.30 bits per heavy atom. The molecule has 1 amide bonds. The standard InChI is InChI=1S/C22H23N3O5/c1-13(2)12-17(21(28)29)23-19(26)18(14-8-4-3-5-9-14)25-20(27)15-10-6-7-11-16(15)24-22(25)30/h3-11,13,17-18H,12H2,1-2H3,(H,23,26)(H,24,30)(H,28,29)/p-1/t17-,18-/m0/s1. The van der Waals surface area contributed by atoms with Gasteiger partial charge in [-0.3, -0.25) is 9.59 Å². The Morgan fingerprint density at radius 1 is 1.03 bits per heavy atom. The maximum absolute atomic E-state index is 13.2. The number of carboxylic acids is 1.